The van der Waals surface area contributed by atoms with Crippen molar-refractivity contribution in [3.05, 3.63) is 23.2 Å². The van der Waals surface area contributed by atoms with E-state index in [0.29, 0.717) is 6.54 Å². The first kappa shape index (κ1) is 11.9. The second-order valence-electron chi connectivity index (χ2n) is 3.22. The molecule has 1 unspecified atom stereocenters. The van der Waals surface area contributed by atoms with Crippen molar-refractivity contribution in [1.29, 1.82) is 0 Å². The zero-order chi connectivity index (χ0) is 11.4. The molecule has 1 aromatic heterocycles. The Kier molecular flexibility index (Phi) is 3.99. The van der Waals surface area contributed by atoms with E-state index < -0.39 is 0 Å². The molecule has 1 atom stereocenters. The number of nitrogens with zero attached hydrogens (tertiary/aromatic N) is 3. The van der Waals surface area contributed by atoms with Gasteiger partial charge in [0.25, 0.3) is 5.91 Å². The molecule has 1 rings (SSSR count). The fraction of sp³-hybridized carbons (Fsp3) is 0.444. The third kappa shape index (κ3) is 2.64. The number of hydrogen-bond acceptors (Lipinski definition) is 4. The van der Waals surface area contributed by atoms with Crippen LogP contribution in [-0.2, 0) is 0 Å². The molecule has 2 N–H and O–H groups in total. The third-order valence-corrected chi connectivity index (χ3v) is 2.47. The van der Waals surface area contributed by atoms with Gasteiger partial charge in [-0.05, 0) is 6.92 Å². The highest BCUT2D eigenvalue weighted by molar-refractivity contribution is 6.33. The number of hydrogen-bond donors (Lipinski definition) is 1. The van der Waals surface area contributed by atoms with Crippen molar-refractivity contribution < 1.29 is 4.79 Å². The van der Waals surface area contributed by atoms with E-state index in [1.165, 1.54) is 17.4 Å². The normalized spacial score (nSPS) is 12.3. The Labute approximate surface area is 93.3 Å². The fourth-order valence-electron chi connectivity index (χ4n) is 0.995. The summed E-state index contributed by atoms with van der Waals surface area (Å²) in [5.41, 5.74) is 5.67. The predicted molar refractivity (Wildman–Crippen MR) is 57.7 cm³/mol. The summed E-state index contributed by atoms with van der Waals surface area (Å²) < 4.78 is 0. The lowest BCUT2D eigenvalue weighted by Crippen LogP contribution is -2.40. The molecule has 82 valence electrons. The van der Waals surface area contributed by atoms with Crippen LogP contribution in [0.2, 0.25) is 5.02 Å². The Morgan fingerprint density at radius 3 is 2.93 bits per heavy atom. The maximum atomic E-state index is 11.9. The van der Waals surface area contributed by atoms with Gasteiger partial charge in [-0.2, -0.15) is 0 Å². The summed E-state index contributed by atoms with van der Waals surface area (Å²) in [6.07, 6.45) is 2.68. The molecule has 0 saturated carbocycles. The summed E-state index contributed by atoms with van der Waals surface area (Å²) >= 11 is 5.81. The Bertz CT molecular complexity index is 358. The van der Waals surface area contributed by atoms with Crippen molar-refractivity contribution >= 4 is 17.5 Å². The number of nitrogens with two attached hydrogens (primary N) is 1. The molecule has 0 radical (unpaired) electrons. The minimum absolute atomic E-state index is 0.0523. The first-order valence-corrected chi connectivity index (χ1v) is 4.88. The molecule has 0 aliphatic carbocycles. The molecule has 0 fully saturated rings. The van der Waals surface area contributed by atoms with Crippen molar-refractivity contribution in [1.82, 2.24) is 14.9 Å². The molecule has 0 spiro atoms. The van der Waals surface area contributed by atoms with Crippen molar-refractivity contribution in [2.45, 2.75) is 13.0 Å². The van der Waals surface area contributed by atoms with E-state index >= 15 is 0 Å². The monoisotopic (exact) mass is 228 g/mol. The van der Waals surface area contributed by atoms with Crippen molar-refractivity contribution in [3.8, 4) is 0 Å². The van der Waals surface area contributed by atoms with Gasteiger partial charge in [0.05, 0.1) is 5.02 Å². The lowest BCUT2D eigenvalue weighted by molar-refractivity contribution is 0.0742. The molecule has 1 amide bonds. The Balaban J connectivity index is 2.90. The summed E-state index contributed by atoms with van der Waals surface area (Å²) in [5.74, 6) is -0.250. The van der Waals surface area contributed by atoms with Crippen LogP contribution in [0.25, 0.3) is 0 Å². The lowest BCUT2D eigenvalue weighted by atomic mass is 10.2. The number of halogens is 1. The maximum absolute atomic E-state index is 11.9. The van der Waals surface area contributed by atoms with E-state index in [2.05, 4.69) is 9.97 Å². The Morgan fingerprint density at radius 2 is 2.40 bits per heavy atom. The van der Waals surface area contributed by atoms with Crippen LogP contribution in [0.4, 0.5) is 0 Å². The van der Waals surface area contributed by atoms with E-state index in [4.69, 9.17) is 17.3 Å². The van der Waals surface area contributed by atoms with Gasteiger partial charge in [-0.3, -0.25) is 4.79 Å². The molecule has 6 heteroatoms. The molecule has 0 aromatic carbocycles. The number of carbonyl (C=O) groups is 1. The number of carbonyl (C=O) groups excluding carboxylic acids is 1. The standard InChI is InChI=1S/C9H13ClN4O/c1-6(3-11)14(2)9(15)8-7(10)4-12-5-13-8/h4-6H,3,11H2,1-2H3. The summed E-state index contributed by atoms with van der Waals surface area (Å²) in [5, 5.41) is 0.249. The average molecular weight is 229 g/mol. The van der Waals surface area contributed by atoms with Crippen LogP contribution in [0.3, 0.4) is 0 Å². The van der Waals surface area contributed by atoms with E-state index in [0.717, 1.165) is 0 Å². The van der Waals surface area contributed by atoms with Crippen LogP contribution >= 0.6 is 11.6 Å². The predicted octanol–water partition coefficient (Wildman–Crippen LogP) is 0.549. The van der Waals surface area contributed by atoms with Gasteiger partial charge in [-0.25, -0.2) is 9.97 Å². The van der Waals surface area contributed by atoms with E-state index in [9.17, 15) is 4.79 Å². The second kappa shape index (κ2) is 5.04. The molecular formula is C9H13ClN4O. The molecule has 1 heterocycles. The molecule has 5 nitrogen and oxygen atoms in total. The molecule has 0 saturated heterocycles. The van der Waals surface area contributed by atoms with Crippen LogP contribution in [-0.4, -0.2) is 40.4 Å². The summed E-state index contributed by atoms with van der Waals surface area (Å²) in [7, 11) is 1.66. The van der Waals surface area contributed by atoms with Gasteiger partial charge in [-0.15, -0.1) is 0 Å². The highest BCUT2D eigenvalue weighted by atomic mass is 35.5. The van der Waals surface area contributed by atoms with Crippen LogP contribution in [0.15, 0.2) is 12.5 Å². The van der Waals surface area contributed by atoms with Gasteiger partial charge < -0.3 is 10.6 Å². The van der Waals surface area contributed by atoms with Gasteiger partial charge in [-0.1, -0.05) is 11.6 Å². The largest absolute Gasteiger partial charge is 0.336 e. The smallest absolute Gasteiger partial charge is 0.274 e. The third-order valence-electron chi connectivity index (χ3n) is 2.19. The van der Waals surface area contributed by atoms with Crippen LogP contribution < -0.4 is 5.73 Å². The SMILES string of the molecule is CC(CN)N(C)C(=O)c1ncncc1Cl. The molecular weight excluding hydrogens is 216 g/mol. The molecule has 0 bridgehead atoms. The topological polar surface area (TPSA) is 72.1 Å². The first-order valence-electron chi connectivity index (χ1n) is 4.50. The quantitative estimate of drug-likeness (QED) is 0.820. The van der Waals surface area contributed by atoms with Gasteiger partial charge in [0.1, 0.15) is 12.0 Å². The van der Waals surface area contributed by atoms with Gasteiger partial charge in [0.15, 0.2) is 0 Å². The summed E-state index contributed by atoms with van der Waals surface area (Å²) in [4.78, 5) is 20.9. The Morgan fingerprint density at radius 1 is 1.73 bits per heavy atom. The highest BCUT2D eigenvalue weighted by Gasteiger charge is 2.19. The molecule has 0 aliphatic rings. The molecule has 0 aliphatic heterocycles. The summed E-state index contributed by atoms with van der Waals surface area (Å²) in [6, 6.07) is -0.0523. The Hall–Kier alpha value is -1.20. The van der Waals surface area contributed by atoms with Gasteiger partial charge in [0, 0.05) is 25.8 Å². The molecule has 1 aromatic rings. The van der Waals surface area contributed by atoms with E-state index in [1.807, 2.05) is 6.92 Å². The van der Waals surface area contributed by atoms with Crippen LogP contribution in [0, 0.1) is 0 Å². The van der Waals surface area contributed by atoms with Crippen molar-refractivity contribution in [3.63, 3.8) is 0 Å². The zero-order valence-electron chi connectivity index (χ0n) is 8.64. The summed E-state index contributed by atoms with van der Waals surface area (Å²) in [6.45, 7) is 2.25. The van der Waals surface area contributed by atoms with E-state index in [-0.39, 0.29) is 22.7 Å². The second-order valence-corrected chi connectivity index (χ2v) is 3.63. The average Bonchev–Trinajstić information content (AvgIpc) is 2.26. The number of rotatable bonds is 3. The minimum Gasteiger partial charge on any atom is -0.336 e. The zero-order valence-corrected chi connectivity index (χ0v) is 9.40. The number of aromatic nitrogens is 2. The maximum Gasteiger partial charge on any atom is 0.274 e. The lowest BCUT2D eigenvalue weighted by Gasteiger charge is -2.23. The van der Waals surface area contributed by atoms with Crippen molar-refractivity contribution in [2.75, 3.05) is 13.6 Å². The van der Waals surface area contributed by atoms with Gasteiger partial charge >= 0.3 is 0 Å². The fourth-order valence-corrected chi connectivity index (χ4v) is 1.18. The number of likely N-dealkylation sites (N-methyl/N-ethyl adjacent to an activating group) is 1. The van der Waals surface area contributed by atoms with Crippen molar-refractivity contribution in [2.24, 2.45) is 5.73 Å². The molecule has 15 heavy (non-hydrogen) atoms. The minimum atomic E-state index is -0.250. The first-order chi connectivity index (χ1) is 7.07. The number of amides is 1. The van der Waals surface area contributed by atoms with Crippen LogP contribution in [0.5, 0.6) is 0 Å². The van der Waals surface area contributed by atoms with Crippen LogP contribution in [0.1, 0.15) is 17.4 Å². The van der Waals surface area contributed by atoms with Gasteiger partial charge in [0.2, 0.25) is 0 Å². The van der Waals surface area contributed by atoms with E-state index in [1.54, 1.807) is 7.05 Å². The highest BCUT2D eigenvalue weighted by Crippen LogP contribution is 2.13.